The van der Waals surface area contributed by atoms with Gasteiger partial charge in [0.1, 0.15) is 12.4 Å². The molecule has 1 atom stereocenters. The fraction of sp³-hybridized carbons (Fsp3) is 0.316. The number of anilines is 1. The summed E-state index contributed by atoms with van der Waals surface area (Å²) in [6, 6.07) is 16.5. The van der Waals surface area contributed by atoms with Crippen molar-refractivity contribution in [2.24, 2.45) is 0 Å². The van der Waals surface area contributed by atoms with Gasteiger partial charge in [0.05, 0.1) is 6.04 Å². The highest BCUT2D eigenvalue weighted by molar-refractivity contribution is 7.80. The molecule has 0 radical (unpaired) electrons. The van der Waals surface area contributed by atoms with Gasteiger partial charge in [0.15, 0.2) is 5.11 Å². The largest absolute Gasteiger partial charge is 0.491 e. The lowest BCUT2D eigenvalue weighted by Gasteiger charge is -2.18. The highest BCUT2D eigenvalue weighted by atomic mass is 32.1. The number of rotatable bonds is 6. The van der Waals surface area contributed by atoms with Gasteiger partial charge in [-0.2, -0.15) is 0 Å². The molecule has 0 aliphatic rings. The summed E-state index contributed by atoms with van der Waals surface area (Å²) in [7, 11) is 0. The summed E-state index contributed by atoms with van der Waals surface area (Å²) in [4.78, 5) is 0. The Labute approximate surface area is 144 Å². The Bertz CT molecular complexity index is 623. The Hall–Kier alpha value is -2.07. The third-order valence-electron chi connectivity index (χ3n) is 3.52. The molecule has 2 aromatic carbocycles. The van der Waals surface area contributed by atoms with Crippen LogP contribution in [-0.4, -0.2) is 17.8 Å². The monoisotopic (exact) mass is 328 g/mol. The Morgan fingerprint density at radius 2 is 1.74 bits per heavy atom. The summed E-state index contributed by atoms with van der Waals surface area (Å²) in [5.41, 5.74) is 3.53. The van der Waals surface area contributed by atoms with Crippen LogP contribution in [0.5, 0.6) is 5.75 Å². The van der Waals surface area contributed by atoms with E-state index in [0.29, 0.717) is 11.7 Å². The summed E-state index contributed by atoms with van der Waals surface area (Å²) in [6.45, 7) is 6.80. The Morgan fingerprint density at radius 3 is 2.35 bits per heavy atom. The van der Waals surface area contributed by atoms with Crippen molar-refractivity contribution in [2.75, 3.05) is 11.9 Å². The van der Waals surface area contributed by atoms with Crippen LogP contribution in [-0.2, 0) is 6.42 Å². The van der Waals surface area contributed by atoms with Crippen molar-refractivity contribution < 1.29 is 4.74 Å². The molecular weight excluding hydrogens is 304 g/mol. The normalized spacial score (nSPS) is 11.6. The van der Waals surface area contributed by atoms with E-state index in [1.165, 1.54) is 11.1 Å². The number of aryl methyl sites for hydroxylation is 2. The first kappa shape index (κ1) is 17.3. The number of ether oxygens (including phenoxy) is 1. The number of nitrogens with one attached hydrogen (secondary N) is 2. The predicted molar refractivity (Wildman–Crippen MR) is 101 cm³/mol. The number of thiocarbonyl (C=S) groups is 1. The molecule has 2 aromatic rings. The first-order chi connectivity index (χ1) is 11.1. The molecule has 0 saturated heterocycles. The van der Waals surface area contributed by atoms with Crippen LogP contribution in [0.3, 0.4) is 0 Å². The van der Waals surface area contributed by atoms with Gasteiger partial charge in [0.25, 0.3) is 0 Å². The average molecular weight is 328 g/mol. The molecule has 2 N–H and O–H groups in total. The minimum atomic E-state index is 0.117. The molecule has 0 heterocycles. The fourth-order valence-electron chi connectivity index (χ4n) is 2.11. The smallest absolute Gasteiger partial charge is 0.171 e. The van der Waals surface area contributed by atoms with Crippen molar-refractivity contribution in [3.63, 3.8) is 0 Å². The van der Waals surface area contributed by atoms with Gasteiger partial charge in [-0.3, -0.25) is 0 Å². The molecule has 0 fully saturated rings. The topological polar surface area (TPSA) is 33.3 Å². The highest BCUT2D eigenvalue weighted by Crippen LogP contribution is 2.12. The van der Waals surface area contributed by atoms with Gasteiger partial charge in [-0.05, 0) is 62.3 Å². The average Bonchev–Trinajstić information content (AvgIpc) is 2.55. The van der Waals surface area contributed by atoms with Crippen LogP contribution in [0.4, 0.5) is 5.69 Å². The summed E-state index contributed by atoms with van der Waals surface area (Å²) in [5.74, 6) is 0.873. The molecule has 0 aliphatic carbocycles. The molecule has 0 aliphatic heterocycles. The van der Waals surface area contributed by atoms with Crippen LogP contribution in [0, 0.1) is 6.92 Å². The summed E-state index contributed by atoms with van der Waals surface area (Å²) in [5, 5.41) is 7.03. The lowest BCUT2D eigenvalue weighted by atomic mass is 10.1. The Morgan fingerprint density at radius 1 is 1.09 bits per heavy atom. The van der Waals surface area contributed by atoms with E-state index in [0.717, 1.165) is 17.9 Å². The van der Waals surface area contributed by atoms with E-state index in [9.17, 15) is 0 Å². The van der Waals surface area contributed by atoms with Gasteiger partial charge in [-0.1, -0.05) is 36.8 Å². The van der Waals surface area contributed by atoms with Crippen molar-refractivity contribution in [1.82, 2.24) is 5.32 Å². The SMILES string of the molecule is CCc1ccc(NC(=S)N[C@@H](C)COc2ccc(C)cc2)cc1. The van der Waals surface area contributed by atoms with Gasteiger partial charge >= 0.3 is 0 Å². The van der Waals surface area contributed by atoms with Crippen LogP contribution in [0.2, 0.25) is 0 Å². The van der Waals surface area contributed by atoms with Gasteiger partial charge in [-0.25, -0.2) is 0 Å². The first-order valence-electron chi connectivity index (χ1n) is 7.92. The zero-order chi connectivity index (χ0) is 16.7. The van der Waals surface area contributed by atoms with Crippen molar-refractivity contribution in [3.8, 4) is 5.75 Å². The van der Waals surface area contributed by atoms with Crippen LogP contribution >= 0.6 is 12.2 Å². The third kappa shape index (κ3) is 5.91. The second-order valence-electron chi connectivity index (χ2n) is 5.67. The van der Waals surface area contributed by atoms with Gasteiger partial charge in [0.2, 0.25) is 0 Å². The van der Waals surface area contributed by atoms with E-state index in [1.54, 1.807) is 0 Å². The molecule has 122 valence electrons. The Balaban J connectivity index is 1.76. The van der Waals surface area contributed by atoms with E-state index >= 15 is 0 Å². The Kier molecular flexibility index (Phi) is 6.41. The summed E-state index contributed by atoms with van der Waals surface area (Å²) < 4.78 is 5.75. The molecule has 0 spiro atoms. The predicted octanol–water partition coefficient (Wildman–Crippen LogP) is 4.31. The fourth-order valence-corrected chi connectivity index (χ4v) is 2.43. The first-order valence-corrected chi connectivity index (χ1v) is 8.33. The van der Waals surface area contributed by atoms with Crippen molar-refractivity contribution in [1.29, 1.82) is 0 Å². The minimum Gasteiger partial charge on any atom is -0.491 e. The maximum atomic E-state index is 5.75. The molecule has 0 amide bonds. The van der Waals surface area contributed by atoms with E-state index < -0.39 is 0 Å². The van der Waals surface area contributed by atoms with Crippen molar-refractivity contribution in [3.05, 3.63) is 59.7 Å². The van der Waals surface area contributed by atoms with Crippen LogP contribution in [0.1, 0.15) is 25.0 Å². The van der Waals surface area contributed by atoms with Crippen LogP contribution in [0.15, 0.2) is 48.5 Å². The van der Waals surface area contributed by atoms with Crippen molar-refractivity contribution >= 4 is 23.0 Å². The van der Waals surface area contributed by atoms with Crippen LogP contribution < -0.4 is 15.4 Å². The molecule has 0 unspecified atom stereocenters. The standard InChI is InChI=1S/C19H24N2OS/c1-4-16-7-9-17(10-8-16)21-19(23)20-15(3)13-22-18-11-5-14(2)6-12-18/h5-12,15H,4,13H2,1-3H3,(H2,20,21,23)/t15-/m0/s1. The lowest BCUT2D eigenvalue weighted by molar-refractivity contribution is 0.287. The summed E-state index contributed by atoms with van der Waals surface area (Å²) >= 11 is 5.34. The maximum absolute atomic E-state index is 5.75. The van der Waals surface area contributed by atoms with Gasteiger partial charge in [0, 0.05) is 5.69 Å². The number of benzene rings is 2. The molecule has 0 aromatic heterocycles. The minimum absolute atomic E-state index is 0.117. The molecule has 23 heavy (non-hydrogen) atoms. The van der Waals surface area contributed by atoms with E-state index in [-0.39, 0.29) is 6.04 Å². The molecule has 3 nitrogen and oxygen atoms in total. The van der Waals surface area contributed by atoms with Gasteiger partial charge < -0.3 is 15.4 Å². The maximum Gasteiger partial charge on any atom is 0.171 e. The zero-order valence-electron chi connectivity index (χ0n) is 13.9. The third-order valence-corrected chi connectivity index (χ3v) is 3.74. The summed E-state index contributed by atoms with van der Waals surface area (Å²) in [6.07, 6.45) is 1.04. The van der Waals surface area contributed by atoms with Crippen molar-refractivity contribution in [2.45, 2.75) is 33.2 Å². The molecule has 0 saturated carbocycles. The highest BCUT2D eigenvalue weighted by Gasteiger charge is 2.06. The van der Waals surface area contributed by atoms with Crippen LogP contribution in [0.25, 0.3) is 0 Å². The second kappa shape index (κ2) is 8.53. The van der Waals surface area contributed by atoms with E-state index in [1.807, 2.05) is 43.3 Å². The van der Waals surface area contributed by atoms with Gasteiger partial charge in [-0.15, -0.1) is 0 Å². The quantitative estimate of drug-likeness (QED) is 0.774. The number of hydrogen-bond acceptors (Lipinski definition) is 2. The van der Waals surface area contributed by atoms with E-state index in [2.05, 4.69) is 36.6 Å². The molecule has 0 bridgehead atoms. The lowest BCUT2D eigenvalue weighted by Crippen LogP contribution is -2.39. The molecular formula is C19H24N2OS. The van der Waals surface area contributed by atoms with E-state index in [4.69, 9.17) is 17.0 Å². The zero-order valence-corrected chi connectivity index (χ0v) is 14.7. The molecule has 2 rings (SSSR count). The molecule has 4 heteroatoms. The number of hydrogen-bond donors (Lipinski definition) is 2. The second-order valence-corrected chi connectivity index (χ2v) is 6.08.